The van der Waals surface area contributed by atoms with E-state index < -0.39 is 5.97 Å². The Morgan fingerprint density at radius 1 is 1.30 bits per heavy atom. The molecule has 5 heteroatoms. The molecule has 0 spiro atoms. The zero-order chi connectivity index (χ0) is 14.1. The van der Waals surface area contributed by atoms with Crippen LogP contribution in [0.2, 0.25) is 5.02 Å². The van der Waals surface area contributed by atoms with Gasteiger partial charge >= 0.3 is 5.97 Å². The summed E-state index contributed by atoms with van der Waals surface area (Å²) in [5.74, 6) is -0.934. The van der Waals surface area contributed by atoms with Crippen LogP contribution in [0, 0.1) is 0 Å². The van der Waals surface area contributed by atoms with Gasteiger partial charge in [-0.05, 0) is 49.1 Å². The largest absolute Gasteiger partial charge is 0.478 e. The highest BCUT2D eigenvalue weighted by atomic mass is 35.5. The Labute approximate surface area is 126 Å². The molecule has 1 N–H and O–H groups in total. The molecule has 0 fully saturated rings. The van der Waals surface area contributed by atoms with E-state index in [1.165, 1.54) is 11.8 Å². The molecule has 0 amide bonds. The van der Waals surface area contributed by atoms with Gasteiger partial charge in [0.05, 0.1) is 5.56 Å². The third-order valence-corrected chi connectivity index (χ3v) is 4.49. The number of carboxylic acid groups (broad SMARTS) is 1. The fourth-order valence-corrected chi connectivity index (χ4v) is 3.55. The second-order valence-corrected chi connectivity index (χ2v) is 6.16. The minimum absolute atomic E-state index is 0.274. The number of carbonyl (C=O) groups is 1. The number of fused-ring (bicyclic) bond motifs is 1. The van der Waals surface area contributed by atoms with Crippen molar-refractivity contribution in [1.82, 2.24) is 4.98 Å². The van der Waals surface area contributed by atoms with Crippen molar-refractivity contribution < 1.29 is 9.90 Å². The molecule has 20 heavy (non-hydrogen) atoms. The Hall–Kier alpha value is -1.52. The number of benzene rings is 1. The number of aromatic nitrogens is 1. The van der Waals surface area contributed by atoms with Gasteiger partial charge in [0, 0.05) is 15.6 Å². The average molecular weight is 306 g/mol. The summed E-state index contributed by atoms with van der Waals surface area (Å²) in [5.41, 5.74) is 2.37. The zero-order valence-corrected chi connectivity index (χ0v) is 12.2. The molecule has 3 rings (SSSR count). The highest BCUT2D eigenvalue weighted by molar-refractivity contribution is 7.99. The van der Waals surface area contributed by atoms with E-state index >= 15 is 0 Å². The van der Waals surface area contributed by atoms with Crippen LogP contribution in [0.5, 0.6) is 0 Å². The van der Waals surface area contributed by atoms with E-state index in [2.05, 4.69) is 4.98 Å². The summed E-state index contributed by atoms with van der Waals surface area (Å²) in [6.07, 6.45) is 2.90. The van der Waals surface area contributed by atoms with Gasteiger partial charge in [-0.2, -0.15) is 0 Å². The summed E-state index contributed by atoms with van der Waals surface area (Å²) in [6, 6.07) is 9.12. The van der Waals surface area contributed by atoms with Crippen LogP contribution in [0.1, 0.15) is 28.0 Å². The van der Waals surface area contributed by atoms with Crippen molar-refractivity contribution in [2.24, 2.45) is 0 Å². The summed E-state index contributed by atoms with van der Waals surface area (Å²) < 4.78 is 0. The molecule has 0 radical (unpaired) electrons. The third kappa shape index (κ3) is 2.67. The molecule has 1 aromatic heterocycles. The fraction of sp³-hybridized carbons (Fsp3) is 0.200. The van der Waals surface area contributed by atoms with Crippen molar-refractivity contribution in [1.29, 1.82) is 0 Å². The number of aromatic carboxylic acids is 1. The SMILES string of the molecule is O=C(O)c1cc2c(nc1Sc1cccc(Cl)c1)CCC2. The minimum atomic E-state index is -0.934. The molecule has 1 aromatic carbocycles. The number of rotatable bonds is 3. The van der Waals surface area contributed by atoms with E-state index in [-0.39, 0.29) is 5.56 Å². The summed E-state index contributed by atoms with van der Waals surface area (Å²) in [4.78, 5) is 16.8. The first-order valence-electron chi connectivity index (χ1n) is 6.33. The van der Waals surface area contributed by atoms with Gasteiger partial charge < -0.3 is 5.11 Å². The summed E-state index contributed by atoms with van der Waals surface area (Å²) >= 11 is 7.30. The molecule has 102 valence electrons. The zero-order valence-electron chi connectivity index (χ0n) is 10.6. The molecule has 1 aliphatic rings. The lowest BCUT2D eigenvalue weighted by Crippen LogP contribution is -2.04. The van der Waals surface area contributed by atoms with Crippen molar-refractivity contribution in [3.8, 4) is 0 Å². The van der Waals surface area contributed by atoms with Crippen LogP contribution < -0.4 is 0 Å². The van der Waals surface area contributed by atoms with Gasteiger partial charge in [-0.15, -0.1) is 0 Å². The van der Waals surface area contributed by atoms with Gasteiger partial charge in [-0.3, -0.25) is 0 Å². The summed E-state index contributed by atoms with van der Waals surface area (Å²) in [5, 5.41) is 10.5. The fourth-order valence-electron chi connectivity index (χ4n) is 2.33. The molecule has 1 heterocycles. The summed E-state index contributed by atoms with van der Waals surface area (Å²) in [7, 11) is 0. The Balaban J connectivity index is 2.01. The van der Waals surface area contributed by atoms with E-state index in [0.29, 0.717) is 10.0 Å². The van der Waals surface area contributed by atoms with E-state index in [1.54, 1.807) is 12.1 Å². The number of aryl methyl sites for hydroxylation is 2. The number of nitrogens with zero attached hydrogens (tertiary/aromatic N) is 1. The van der Waals surface area contributed by atoms with E-state index in [9.17, 15) is 9.90 Å². The standard InChI is InChI=1S/C15H12ClNO2S/c16-10-4-2-5-11(8-10)20-14-12(15(18)19)7-9-3-1-6-13(9)17-14/h2,4-5,7-8H,1,3,6H2,(H,18,19). The molecule has 1 aliphatic carbocycles. The maximum Gasteiger partial charge on any atom is 0.338 e. The van der Waals surface area contributed by atoms with Crippen LogP contribution >= 0.6 is 23.4 Å². The van der Waals surface area contributed by atoms with E-state index in [0.717, 1.165) is 35.4 Å². The lowest BCUT2D eigenvalue weighted by Gasteiger charge is -2.08. The predicted octanol–water partition coefficient (Wildman–Crippen LogP) is 4.07. The van der Waals surface area contributed by atoms with Gasteiger partial charge in [0.2, 0.25) is 0 Å². The van der Waals surface area contributed by atoms with Crippen molar-refractivity contribution in [3.05, 3.63) is 52.2 Å². The molecule has 0 saturated carbocycles. The highest BCUT2D eigenvalue weighted by Crippen LogP contribution is 2.33. The number of carboxylic acids is 1. The number of halogens is 1. The molecule has 2 aromatic rings. The van der Waals surface area contributed by atoms with Crippen molar-refractivity contribution in [2.75, 3.05) is 0 Å². The quantitative estimate of drug-likeness (QED) is 0.928. The number of hydrogen-bond donors (Lipinski definition) is 1. The molecular formula is C15H12ClNO2S. The first-order chi connectivity index (χ1) is 9.63. The van der Waals surface area contributed by atoms with Crippen LogP contribution in [-0.4, -0.2) is 16.1 Å². The van der Waals surface area contributed by atoms with E-state index in [4.69, 9.17) is 11.6 Å². The normalized spacial score (nSPS) is 13.2. The highest BCUT2D eigenvalue weighted by Gasteiger charge is 2.20. The van der Waals surface area contributed by atoms with Crippen LogP contribution in [0.4, 0.5) is 0 Å². The maximum atomic E-state index is 11.4. The Morgan fingerprint density at radius 2 is 2.15 bits per heavy atom. The second-order valence-electron chi connectivity index (χ2n) is 4.67. The van der Waals surface area contributed by atoms with Crippen LogP contribution in [0.15, 0.2) is 40.3 Å². The molecule has 0 aliphatic heterocycles. The van der Waals surface area contributed by atoms with Crippen LogP contribution in [-0.2, 0) is 12.8 Å². The first kappa shape index (κ1) is 13.5. The van der Waals surface area contributed by atoms with Crippen molar-refractivity contribution >= 4 is 29.3 Å². The van der Waals surface area contributed by atoms with Crippen molar-refractivity contribution in [2.45, 2.75) is 29.2 Å². The molecule has 0 bridgehead atoms. The van der Waals surface area contributed by atoms with Crippen molar-refractivity contribution in [3.63, 3.8) is 0 Å². The van der Waals surface area contributed by atoms with Gasteiger partial charge in [0.1, 0.15) is 5.03 Å². The molecule has 3 nitrogen and oxygen atoms in total. The van der Waals surface area contributed by atoms with Gasteiger partial charge in [0.15, 0.2) is 0 Å². The number of hydrogen-bond acceptors (Lipinski definition) is 3. The van der Waals surface area contributed by atoms with Crippen LogP contribution in [0.3, 0.4) is 0 Å². The topological polar surface area (TPSA) is 50.2 Å². The number of pyridine rings is 1. The summed E-state index contributed by atoms with van der Waals surface area (Å²) in [6.45, 7) is 0. The smallest absolute Gasteiger partial charge is 0.338 e. The van der Waals surface area contributed by atoms with E-state index in [1.807, 2.05) is 18.2 Å². The second kappa shape index (κ2) is 5.46. The maximum absolute atomic E-state index is 11.4. The van der Waals surface area contributed by atoms with Gasteiger partial charge in [-0.25, -0.2) is 9.78 Å². The lowest BCUT2D eigenvalue weighted by atomic mass is 10.1. The molecule has 0 atom stereocenters. The molecule has 0 saturated heterocycles. The van der Waals surface area contributed by atoms with Gasteiger partial charge in [-0.1, -0.05) is 29.4 Å². The predicted molar refractivity (Wildman–Crippen MR) is 78.8 cm³/mol. The Morgan fingerprint density at radius 3 is 2.90 bits per heavy atom. The monoisotopic (exact) mass is 305 g/mol. The minimum Gasteiger partial charge on any atom is -0.478 e. The molecular weight excluding hydrogens is 294 g/mol. The molecule has 0 unspecified atom stereocenters. The third-order valence-electron chi connectivity index (χ3n) is 3.26. The Kier molecular flexibility index (Phi) is 3.68. The Bertz CT molecular complexity index is 688. The first-order valence-corrected chi connectivity index (χ1v) is 7.52. The van der Waals surface area contributed by atoms with Gasteiger partial charge in [0.25, 0.3) is 0 Å². The average Bonchev–Trinajstić information content (AvgIpc) is 2.84. The van der Waals surface area contributed by atoms with Crippen LogP contribution in [0.25, 0.3) is 0 Å². The lowest BCUT2D eigenvalue weighted by molar-refractivity contribution is 0.0692.